The molecule has 0 atom stereocenters. The van der Waals surface area contributed by atoms with E-state index < -0.39 is 15.8 Å². The normalized spacial score (nSPS) is 11.9. The maximum absolute atomic E-state index is 11.4. The molecule has 0 saturated heterocycles. The third kappa shape index (κ3) is 2.43. The van der Waals surface area contributed by atoms with Crippen LogP contribution in [0.1, 0.15) is 10.5 Å². The van der Waals surface area contributed by atoms with Crippen LogP contribution in [-0.2, 0) is 9.84 Å². The number of imidazole rings is 1. The van der Waals surface area contributed by atoms with E-state index in [0.29, 0.717) is 4.96 Å². The van der Waals surface area contributed by atoms with Crippen LogP contribution in [0.15, 0.2) is 40.7 Å². The maximum Gasteiger partial charge on any atom is 0.356 e. The average molecular weight is 322 g/mol. The molecule has 0 aliphatic carbocycles. The number of hydrogen-bond donors (Lipinski definition) is 1. The van der Waals surface area contributed by atoms with Gasteiger partial charge in [-0.15, -0.1) is 11.3 Å². The monoisotopic (exact) mass is 322 g/mol. The fraction of sp³-hybridized carbons (Fsp3) is 0.0769. The quantitative estimate of drug-likeness (QED) is 0.798. The van der Waals surface area contributed by atoms with Gasteiger partial charge in [0.15, 0.2) is 20.5 Å². The van der Waals surface area contributed by atoms with Crippen molar-refractivity contribution >= 4 is 32.1 Å². The second-order valence-electron chi connectivity index (χ2n) is 4.50. The highest BCUT2D eigenvalue weighted by Gasteiger charge is 2.14. The van der Waals surface area contributed by atoms with Crippen molar-refractivity contribution in [3.8, 4) is 11.3 Å². The average Bonchev–Trinajstić information content (AvgIpc) is 2.97. The number of fused-ring (bicyclic) bond motifs is 1. The molecule has 0 unspecified atom stereocenters. The first-order valence-electron chi connectivity index (χ1n) is 5.86. The number of benzene rings is 1. The van der Waals surface area contributed by atoms with Crippen LogP contribution in [0.3, 0.4) is 0 Å². The predicted octanol–water partition coefficient (Wildman–Crippen LogP) is 2.16. The van der Waals surface area contributed by atoms with Crippen LogP contribution in [0, 0.1) is 0 Å². The zero-order valence-corrected chi connectivity index (χ0v) is 12.5. The van der Waals surface area contributed by atoms with Crippen molar-refractivity contribution < 1.29 is 18.3 Å². The Morgan fingerprint density at radius 1 is 1.29 bits per heavy atom. The van der Waals surface area contributed by atoms with E-state index in [0.717, 1.165) is 17.5 Å². The molecule has 1 aromatic carbocycles. The molecule has 0 aliphatic heterocycles. The van der Waals surface area contributed by atoms with Gasteiger partial charge in [-0.05, 0) is 17.7 Å². The second-order valence-corrected chi connectivity index (χ2v) is 7.35. The molecular formula is C13H10N2O4S2. The van der Waals surface area contributed by atoms with Gasteiger partial charge in [-0.25, -0.2) is 18.2 Å². The standard InChI is InChI=1S/C13H10N2O4S2/c1-21(18,19)9-4-2-8(3-5-9)11-7-20-13-14-10(12(16)17)6-15(11)13/h2-7H,1H3,(H,16,17). The van der Waals surface area contributed by atoms with Crippen LogP contribution in [0.5, 0.6) is 0 Å². The fourth-order valence-electron chi connectivity index (χ4n) is 1.97. The predicted molar refractivity (Wildman–Crippen MR) is 78.6 cm³/mol. The van der Waals surface area contributed by atoms with E-state index in [4.69, 9.17) is 5.11 Å². The van der Waals surface area contributed by atoms with Crippen LogP contribution in [-0.4, -0.2) is 35.1 Å². The minimum Gasteiger partial charge on any atom is -0.476 e. The maximum atomic E-state index is 11.4. The van der Waals surface area contributed by atoms with E-state index in [1.54, 1.807) is 16.5 Å². The van der Waals surface area contributed by atoms with Crippen LogP contribution in [0.2, 0.25) is 0 Å². The summed E-state index contributed by atoms with van der Waals surface area (Å²) < 4.78 is 24.6. The van der Waals surface area contributed by atoms with Crippen molar-refractivity contribution in [3.63, 3.8) is 0 Å². The van der Waals surface area contributed by atoms with Gasteiger partial charge in [-0.2, -0.15) is 0 Å². The zero-order chi connectivity index (χ0) is 15.2. The van der Waals surface area contributed by atoms with Gasteiger partial charge in [0.1, 0.15) is 0 Å². The molecule has 0 radical (unpaired) electrons. The van der Waals surface area contributed by atoms with Gasteiger partial charge in [0.05, 0.1) is 10.6 Å². The Labute approximate surface area is 124 Å². The van der Waals surface area contributed by atoms with Crippen LogP contribution >= 0.6 is 11.3 Å². The minimum absolute atomic E-state index is 0.0177. The largest absolute Gasteiger partial charge is 0.476 e. The van der Waals surface area contributed by atoms with Gasteiger partial charge in [0, 0.05) is 17.8 Å². The van der Waals surface area contributed by atoms with Crippen molar-refractivity contribution in [3.05, 3.63) is 41.5 Å². The Balaban J connectivity index is 2.10. The number of aromatic carboxylic acids is 1. The Hall–Kier alpha value is -2.19. The van der Waals surface area contributed by atoms with E-state index in [1.807, 2.05) is 5.38 Å². The summed E-state index contributed by atoms with van der Waals surface area (Å²) in [5.74, 6) is -1.08. The first-order valence-corrected chi connectivity index (χ1v) is 8.64. The van der Waals surface area contributed by atoms with E-state index in [1.165, 1.54) is 29.7 Å². The van der Waals surface area contributed by atoms with Gasteiger partial charge >= 0.3 is 5.97 Å². The number of rotatable bonds is 3. The van der Waals surface area contributed by atoms with Crippen molar-refractivity contribution in [2.75, 3.05) is 6.26 Å². The summed E-state index contributed by atoms with van der Waals surface area (Å²) in [5, 5.41) is 10.8. The molecule has 21 heavy (non-hydrogen) atoms. The molecule has 0 aliphatic rings. The molecule has 2 aromatic heterocycles. The molecule has 1 N–H and O–H groups in total. The summed E-state index contributed by atoms with van der Waals surface area (Å²) >= 11 is 1.33. The minimum atomic E-state index is -3.23. The lowest BCUT2D eigenvalue weighted by Gasteiger charge is -2.02. The summed E-state index contributed by atoms with van der Waals surface area (Å²) in [6, 6.07) is 6.45. The number of sulfone groups is 1. The Kier molecular flexibility index (Phi) is 3.07. The fourth-order valence-corrected chi connectivity index (χ4v) is 3.48. The lowest BCUT2D eigenvalue weighted by Crippen LogP contribution is -1.96. The summed E-state index contributed by atoms with van der Waals surface area (Å²) in [6.45, 7) is 0. The van der Waals surface area contributed by atoms with Crippen LogP contribution in [0.25, 0.3) is 16.2 Å². The number of nitrogens with zero attached hydrogens (tertiary/aromatic N) is 2. The lowest BCUT2D eigenvalue weighted by atomic mass is 10.2. The Morgan fingerprint density at radius 3 is 2.52 bits per heavy atom. The Bertz CT molecular complexity index is 936. The molecule has 6 nitrogen and oxygen atoms in total. The van der Waals surface area contributed by atoms with Crippen LogP contribution in [0.4, 0.5) is 0 Å². The molecule has 0 saturated carbocycles. The Morgan fingerprint density at radius 2 is 1.95 bits per heavy atom. The number of thiazole rings is 1. The number of carbonyl (C=O) groups is 1. The van der Waals surface area contributed by atoms with Crippen molar-refractivity contribution in [2.24, 2.45) is 0 Å². The highest BCUT2D eigenvalue weighted by atomic mass is 32.2. The number of aromatic nitrogens is 2. The number of hydrogen-bond acceptors (Lipinski definition) is 5. The molecule has 2 heterocycles. The van der Waals surface area contributed by atoms with E-state index in [2.05, 4.69) is 4.98 Å². The molecule has 108 valence electrons. The summed E-state index contributed by atoms with van der Waals surface area (Å²) in [7, 11) is -3.23. The van der Waals surface area contributed by atoms with E-state index in [9.17, 15) is 13.2 Å². The first-order chi connectivity index (χ1) is 9.86. The molecule has 3 aromatic rings. The highest BCUT2D eigenvalue weighted by Crippen LogP contribution is 2.27. The summed E-state index contributed by atoms with van der Waals surface area (Å²) in [5.41, 5.74) is 1.55. The SMILES string of the molecule is CS(=O)(=O)c1ccc(-c2csc3nc(C(=O)O)cn23)cc1. The molecule has 0 bridgehead atoms. The first kappa shape index (κ1) is 13.8. The number of carboxylic acid groups (broad SMARTS) is 1. The second kappa shape index (κ2) is 4.68. The molecule has 3 rings (SSSR count). The van der Waals surface area contributed by atoms with E-state index >= 15 is 0 Å². The molecule has 0 spiro atoms. The smallest absolute Gasteiger partial charge is 0.356 e. The van der Waals surface area contributed by atoms with Crippen molar-refractivity contribution in [1.29, 1.82) is 0 Å². The van der Waals surface area contributed by atoms with Gasteiger partial charge in [0.2, 0.25) is 0 Å². The third-order valence-corrected chi connectivity index (χ3v) is 4.97. The van der Waals surface area contributed by atoms with Gasteiger partial charge < -0.3 is 5.11 Å². The van der Waals surface area contributed by atoms with Gasteiger partial charge in [-0.3, -0.25) is 4.40 Å². The highest BCUT2D eigenvalue weighted by molar-refractivity contribution is 7.90. The van der Waals surface area contributed by atoms with Crippen molar-refractivity contribution in [1.82, 2.24) is 9.38 Å². The molecular weight excluding hydrogens is 312 g/mol. The molecule has 0 fully saturated rings. The van der Waals surface area contributed by atoms with Gasteiger partial charge in [-0.1, -0.05) is 12.1 Å². The molecule has 8 heteroatoms. The van der Waals surface area contributed by atoms with E-state index in [-0.39, 0.29) is 10.6 Å². The molecule has 0 amide bonds. The topological polar surface area (TPSA) is 88.7 Å². The van der Waals surface area contributed by atoms with Crippen molar-refractivity contribution in [2.45, 2.75) is 4.90 Å². The van der Waals surface area contributed by atoms with Crippen LogP contribution < -0.4 is 0 Å². The summed E-state index contributed by atoms with van der Waals surface area (Å²) in [4.78, 5) is 15.8. The third-order valence-electron chi connectivity index (χ3n) is 3.01. The summed E-state index contributed by atoms with van der Waals surface area (Å²) in [6.07, 6.45) is 2.60. The zero-order valence-electron chi connectivity index (χ0n) is 10.8. The van der Waals surface area contributed by atoms with Gasteiger partial charge in [0.25, 0.3) is 0 Å². The lowest BCUT2D eigenvalue weighted by molar-refractivity contribution is 0.0691. The number of carboxylic acids is 1.